The van der Waals surface area contributed by atoms with Crippen LogP contribution in [0.2, 0.25) is 10.0 Å². The van der Waals surface area contributed by atoms with E-state index >= 15 is 0 Å². The van der Waals surface area contributed by atoms with E-state index in [-0.39, 0.29) is 25.5 Å². The minimum Gasteiger partial charge on any atom is -0.464 e. The molecule has 0 radical (unpaired) electrons. The Hall–Kier alpha value is -1.34. The van der Waals surface area contributed by atoms with Crippen molar-refractivity contribution in [3.63, 3.8) is 0 Å². The largest absolute Gasteiger partial charge is 0.464 e. The lowest BCUT2D eigenvalue weighted by molar-refractivity contribution is -0.155. The van der Waals surface area contributed by atoms with Gasteiger partial charge in [0.05, 0.1) is 32.8 Å². The number of esters is 1. The summed E-state index contributed by atoms with van der Waals surface area (Å²) in [5, 5.41) is 0.765. The Morgan fingerprint density at radius 2 is 1.73 bits per heavy atom. The molecule has 0 spiro atoms. The zero-order chi connectivity index (χ0) is 19.5. The first-order chi connectivity index (χ1) is 12.4. The second-order valence-corrected chi connectivity index (χ2v) is 6.27. The maximum atomic E-state index is 12.6. The van der Waals surface area contributed by atoms with Crippen molar-refractivity contribution in [2.75, 3.05) is 40.1 Å². The molecule has 1 atom stereocenters. The third-order valence-corrected chi connectivity index (χ3v) is 4.01. The number of benzene rings is 1. The van der Waals surface area contributed by atoms with Crippen LogP contribution in [0, 0.1) is 0 Å². The van der Waals surface area contributed by atoms with E-state index < -0.39 is 12.0 Å². The number of carbonyl (C=O) groups excluding carboxylic acids is 2. The van der Waals surface area contributed by atoms with Crippen molar-refractivity contribution in [3.8, 4) is 0 Å². The lowest BCUT2D eigenvalue weighted by Crippen LogP contribution is -2.40. The van der Waals surface area contributed by atoms with Gasteiger partial charge in [0.25, 0.3) is 0 Å². The fraction of sp³-hybridized carbons (Fsp3) is 0.556. The van der Waals surface area contributed by atoms with Gasteiger partial charge >= 0.3 is 5.97 Å². The first-order valence-electron chi connectivity index (χ1n) is 8.43. The highest BCUT2D eigenvalue weighted by atomic mass is 35.5. The van der Waals surface area contributed by atoms with E-state index in [1.807, 2.05) is 0 Å². The molecule has 0 aliphatic carbocycles. The molecule has 0 heterocycles. The zero-order valence-electron chi connectivity index (χ0n) is 15.3. The molecular weight excluding hydrogens is 381 g/mol. The van der Waals surface area contributed by atoms with E-state index in [0.717, 1.165) is 0 Å². The molecule has 0 aromatic heterocycles. The van der Waals surface area contributed by atoms with Crippen LogP contribution in [0.5, 0.6) is 0 Å². The van der Waals surface area contributed by atoms with Crippen molar-refractivity contribution in [1.82, 2.24) is 4.90 Å². The van der Waals surface area contributed by atoms with Crippen LogP contribution in [0.3, 0.4) is 0 Å². The first-order valence-corrected chi connectivity index (χ1v) is 9.18. The van der Waals surface area contributed by atoms with Crippen LogP contribution in [0.25, 0.3) is 0 Å². The summed E-state index contributed by atoms with van der Waals surface area (Å²) in [5.41, 5.74) is 0.511. The monoisotopic (exact) mass is 405 g/mol. The fourth-order valence-electron chi connectivity index (χ4n) is 2.45. The standard InChI is InChI=1S/C18H25Cl2NO5/c1-4-21(16(22)6-7-25-9-8-24-3)17(18(23)26-5-2)13-10-14(19)12-15(20)11-13/h10-12,17H,4-9H2,1-3H3/t17-/m1/s1. The average Bonchev–Trinajstić information content (AvgIpc) is 2.58. The van der Waals surface area contributed by atoms with Gasteiger partial charge in [0.1, 0.15) is 0 Å². The third-order valence-electron chi connectivity index (χ3n) is 3.58. The molecule has 0 fully saturated rings. The van der Waals surface area contributed by atoms with Crippen LogP contribution in [0.4, 0.5) is 0 Å². The van der Waals surface area contributed by atoms with E-state index in [1.54, 1.807) is 39.2 Å². The van der Waals surface area contributed by atoms with Gasteiger partial charge in [0.15, 0.2) is 6.04 Å². The summed E-state index contributed by atoms with van der Waals surface area (Å²) in [4.78, 5) is 26.6. The molecule has 1 rings (SSSR count). The molecule has 6 nitrogen and oxygen atoms in total. The van der Waals surface area contributed by atoms with E-state index in [9.17, 15) is 9.59 Å². The number of halogens is 2. The predicted octanol–water partition coefficient (Wildman–Crippen LogP) is 3.50. The molecule has 1 aromatic carbocycles. The Labute approximate surface area is 164 Å². The Kier molecular flexibility index (Phi) is 10.6. The van der Waals surface area contributed by atoms with Crippen LogP contribution < -0.4 is 0 Å². The number of likely N-dealkylation sites (N-methyl/N-ethyl adjacent to an activating group) is 1. The molecule has 0 saturated carbocycles. The third kappa shape index (κ3) is 7.11. The Bertz CT molecular complexity index is 577. The summed E-state index contributed by atoms with van der Waals surface area (Å²) < 4.78 is 15.4. The minimum absolute atomic E-state index is 0.141. The summed E-state index contributed by atoms with van der Waals surface area (Å²) in [6.45, 7) is 5.13. The molecule has 0 aliphatic rings. The van der Waals surface area contributed by atoms with Crippen LogP contribution in [0.1, 0.15) is 31.9 Å². The van der Waals surface area contributed by atoms with Gasteiger partial charge in [-0.05, 0) is 37.6 Å². The van der Waals surface area contributed by atoms with Crippen molar-refractivity contribution in [3.05, 3.63) is 33.8 Å². The van der Waals surface area contributed by atoms with Crippen LogP contribution in [-0.4, -0.2) is 56.9 Å². The van der Waals surface area contributed by atoms with Gasteiger partial charge in [-0.25, -0.2) is 4.79 Å². The predicted molar refractivity (Wildman–Crippen MR) is 101 cm³/mol. The molecular formula is C18H25Cl2NO5. The molecule has 0 unspecified atom stereocenters. The van der Waals surface area contributed by atoms with Gasteiger partial charge < -0.3 is 19.1 Å². The number of nitrogens with zero attached hydrogens (tertiary/aromatic N) is 1. The number of methoxy groups -OCH3 is 1. The second-order valence-electron chi connectivity index (χ2n) is 5.39. The second kappa shape index (κ2) is 12.1. The van der Waals surface area contributed by atoms with Crippen LogP contribution >= 0.6 is 23.2 Å². The van der Waals surface area contributed by atoms with Crippen molar-refractivity contribution in [2.45, 2.75) is 26.3 Å². The Balaban J connectivity index is 2.98. The summed E-state index contributed by atoms with van der Waals surface area (Å²) >= 11 is 12.1. The summed E-state index contributed by atoms with van der Waals surface area (Å²) in [6.07, 6.45) is 0.141. The maximum Gasteiger partial charge on any atom is 0.333 e. The van der Waals surface area contributed by atoms with Gasteiger partial charge in [0.2, 0.25) is 5.91 Å². The maximum absolute atomic E-state index is 12.6. The highest BCUT2D eigenvalue weighted by molar-refractivity contribution is 6.34. The van der Waals surface area contributed by atoms with Crippen LogP contribution in [-0.2, 0) is 23.8 Å². The normalized spacial score (nSPS) is 11.9. The number of hydrogen-bond acceptors (Lipinski definition) is 5. The van der Waals surface area contributed by atoms with Gasteiger partial charge in [-0.1, -0.05) is 23.2 Å². The quantitative estimate of drug-likeness (QED) is 0.416. The molecule has 0 saturated heterocycles. The number of carbonyl (C=O) groups is 2. The van der Waals surface area contributed by atoms with Gasteiger partial charge in [-0.3, -0.25) is 4.79 Å². The Morgan fingerprint density at radius 1 is 1.08 bits per heavy atom. The van der Waals surface area contributed by atoms with E-state index in [2.05, 4.69) is 0 Å². The molecule has 1 amide bonds. The summed E-state index contributed by atoms with van der Waals surface area (Å²) in [6, 6.07) is 3.87. The van der Waals surface area contributed by atoms with Crippen LogP contribution in [0.15, 0.2) is 18.2 Å². The first kappa shape index (κ1) is 22.7. The Morgan fingerprint density at radius 3 is 2.27 bits per heavy atom. The number of hydrogen-bond donors (Lipinski definition) is 0. The smallest absolute Gasteiger partial charge is 0.333 e. The number of ether oxygens (including phenoxy) is 3. The van der Waals surface area contributed by atoms with E-state index in [4.69, 9.17) is 37.4 Å². The van der Waals surface area contributed by atoms with Crippen molar-refractivity contribution >= 4 is 35.1 Å². The lowest BCUT2D eigenvalue weighted by atomic mass is 10.0. The molecule has 1 aromatic rings. The zero-order valence-corrected chi connectivity index (χ0v) is 16.8. The average molecular weight is 406 g/mol. The van der Waals surface area contributed by atoms with E-state index in [1.165, 1.54) is 4.90 Å². The molecule has 0 aliphatic heterocycles. The number of amides is 1. The minimum atomic E-state index is -0.914. The molecule has 8 heteroatoms. The van der Waals surface area contributed by atoms with Gasteiger partial charge in [0, 0.05) is 23.7 Å². The van der Waals surface area contributed by atoms with E-state index in [0.29, 0.717) is 35.4 Å². The molecule has 26 heavy (non-hydrogen) atoms. The molecule has 0 N–H and O–H groups in total. The van der Waals surface area contributed by atoms with Crippen molar-refractivity contribution in [1.29, 1.82) is 0 Å². The fourth-order valence-corrected chi connectivity index (χ4v) is 2.99. The summed E-state index contributed by atoms with van der Waals surface area (Å²) in [7, 11) is 1.58. The topological polar surface area (TPSA) is 65.1 Å². The molecule has 146 valence electrons. The van der Waals surface area contributed by atoms with Crippen molar-refractivity contribution in [2.24, 2.45) is 0 Å². The molecule has 0 bridgehead atoms. The van der Waals surface area contributed by atoms with Gasteiger partial charge in [-0.15, -0.1) is 0 Å². The summed E-state index contributed by atoms with van der Waals surface area (Å²) in [5.74, 6) is -0.750. The van der Waals surface area contributed by atoms with Gasteiger partial charge in [-0.2, -0.15) is 0 Å². The number of rotatable bonds is 11. The SMILES string of the molecule is CCOC(=O)[C@@H](c1cc(Cl)cc(Cl)c1)N(CC)C(=O)CCOCCOC. The highest BCUT2D eigenvalue weighted by Gasteiger charge is 2.31. The lowest BCUT2D eigenvalue weighted by Gasteiger charge is -2.30. The van der Waals surface area contributed by atoms with Crippen molar-refractivity contribution < 1.29 is 23.8 Å². The highest BCUT2D eigenvalue weighted by Crippen LogP contribution is 2.29.